The van der Waals surface area contributed by atoms with E-state index in [1.54, 1.807) is 19.0 Å². The van der Waals surface area contributed by atoms with Crippen LogP contribution in [0.5, 0.6) is 11.5 Å². The quantitative estimate of drug-likeness (QED) is 0.688. The summed E-state index contributed by atoms with van der Waals surface area (Å²) in [5.41, 5.74) is 0.945. The van der Waals surface area contributed by atoms with E-state index in [4.69, 9.17) is 9.47 Å². The fraction of sp³-hybridized carbons (Fsp3) is 0.556. The first-order valence-corrected chi connectivity index (χ1v) is 8.69. The number of carbonyl (C=O) groups is 1. The number of rotatable bonds is 7. The number of ether oxygens (including phenoxy) is 2. The van der Waals surface area contributed by atoms with Crippen LogP contribution in [0.25, 0.3) is 0 Å². The number of hydrogen-bond acceptors (Lipinski definition) is 5. The summed E-state index contributed by atoms with van der Waals surface area (Å²) >= 11 is 0. The fourth-order valence-corrected chi connectivity index (χ4v) is 2.40. The third-order valence-electron chi connectivity index (χ3n) is 4.08. The van der Waals surface area contributed by atoms with Crippen LogP contribution in [-0.4, -0.2) is 82.6 Å². The normalized spacial score (nSPS) is 15.4. The minimum atomic E-state index is -0.0923. The summed E-state index contributed by atoms with van der Waals surface area (Å²) in [6.45, 7) is 6.58. The largest absolute Gasteiger partial charge is 0.490 e. The van der Waals surface area contributed by atoms with Crippen LogP contribution in [0.2, 0.25) is 0 Å². The van der Waals surface area contributed by atoms with Crippen LogP contribution in [0, 0.1) is 0 Å². The summed E-state index contributed by atoms with van der Waals surface area (Å²) in [6, 6.07) is 5.63. The molecule has 7 nitrogen and oxygen atoms in total. The molecule has 7 heteroatoms. The minimum absolute atomic E-state index is 0.00978. The number of amides is 1. The van der Waals surface area contributed by atoms with E-state index in [2.05, 4.69) is 17.2 Å². The molecule has 1 amide bonds. The second kappa shape index (κ2) is 9.27. The maximum atomic E-state index is 11.7. The van der Waals surface area contributed by atoms with Crippen molar-refractivity contribution in [3.05, 3.63) is 23.8 Å². The first-order chi connectivity index (χ1) is 12.0. The average molecular weight is 349 g/mol. The van der Waals surface area contributed by atoms with E-state index in [9.17, 15) is 4.79 Å². The molecular formula is C18H29N4O3+. The van der Waals surface area contributed by atoms with Crippen LogP contribution in [0.1, 0.15) is 12.5 Å². The highest BCUT2D eigenvalue weighted by molar-refractivity contribution is 5.81. The lowest BCUT2D eigenvalue weighted by Gasteiger charge is -2.27. The lowest BCUT2D eigenvalue weighted by molar-refractivity contribution is -0.884. The first-order valence-electron chi connectivity index (χ1n) is 8.69. The van der Waals surface area contributed by atoms with E-state index in [1.807, 2.05) is 31.3 Å². The number of quaternary nitrogens is 1. The van der Waals surface area contributed by atoms with Gasteiger partial charge in [-0.3, -0.25) is 9.80 Å². The Kier molecular flexibility index (Phi) is 7.06. The van der Waals surface area contributed by atoms with E-state index in [-0.39, 0.29) is 12.5 Å². The predicted octanol–water partition coefficient (Wildman–Crippen LogP) is -0.283. The second-order valence-corrected chi connectivity index (χ2v) is 6.37. The molecule has 1 aliphatic heterocycles. The first kappa shape index (κ1) is 19.1. The van der Waals surface area contributed by atoms with Crippen molar-refractivity contribution >= 4 is 12.1 Å². The lowest BCUT2D eigenvalue weighted by Crippen LogP contribution is -3.11. The molecule has 0 bridgehead atoms. The molecule has 0 spiro atoms. The Morgan fingerprint density at radius 3 is 2.64 bits per heavy atom. The Labute approximate surface area is 149 Å². The Bertz CT molecular complexity index is 596. The summed E-state index contributed by atoms with van der Waals surface area (Å²) in [5.74, 6) is 1.10. The number of benzene rings is 1. The zero-order valence-electron chi connectivity index (χ0n) is 15.6. The number of nitrogens with one attached hydrogen (secondary N) is 1. The standard InChI is InChI=1S/C18H28N4O3/c1-5-24-17-12-15(13-19-22-10-8-21(4)9-11-22)6-7-16(17)25-14-18(23)20(2)3/h6-7,12-13H,5,8-11,14H2,1-4H3/p+1/b19-13-. The summed E-state index contributed by atoms with van der Waals surface area (Å²) in [7, 11) is 5.61. The van der Waals surface area contributed by atoms with E-state index < -0.39 is 0 Å². The van der Waals surface area contributed by atoms with Crippen LogP contribution in [-0.2, 0) is 4.79 Å². The molecular weight excluding hydrogens is 320 g/mol. The van der Waals surface area contributed by atoms with Gasteiger partial charge in [-0.05, 0) is 30.7 Å². The van der Waals surface area contributed by atoms with Gasteiger partial charge in [-0.15, -0.1) is 0 Å². The van der Waals surface area contributed by atoms with Crippen molar-refractivity contribution < 1.29 is 19.2 Å². The molecule has 1 aliphatic rings. The van der Waals surface area contributed by atoms with Crippen molar-refractivity contribution in [3.63, 3.8) is 0 Å². The summed E-state index contributed by atoms with van der Waals surface area (Å²) < 4.78 is 11.2. The number of nitrogens with zero attached hydrogens (tertiary/aromatic N) is 3. The molecule has 0 unspecified atom stereocenters. The van der Waals surface area contributed by atoms with Crippen molar-refractivity contribution in [3.8, 4) is 11.5 Å². The highest BCUT2D eigenvalue weighted by atomic mass is 16.5. The Morgan fingerprint density at radius 2 is 2.00 bits per heavy atom. The molecule has 0 aromatic heterocycles. The number of hydrogen-bond donors (Lipinski definition) is 1. The van der Waals surface area contributed by atoms with Crippen molar-refractivity contribution in [1.29, 1.82) is 0 Å². The third kappa shape index (κ3) is 5.94. The number of hydrazone groups is 1. The number of likely N-dealkylation sites (N-methyl/N-ethyl adjacent to an activating group) is 2. The maximum Gasteiger partial charge on any atom is 0.259 e. The molecule has 1 aromatic rings. The van der Waals surface area contributed by atoms with Gasteiger partial charge in [0.2, 0.25) is 0 Å². The second-order valence-electron chi connectivity index (χ2n) is 6.37. The van der Waals surface area contributed by atoms with Crippen LogP contribution in [0.15, 0.2) is 23.3 Å². The highest BCUT2D eigenvalue weighted by Gasteiger charge is 2.14. The van der Waals surface area contributed by atoms with Crippen molar-refractivity contribution in [2.75, 3.05) is 60.5 Å². The van der Waals surface area contributed by atoms with Crippen LogP contribution < -0.4 is 14.4 Å². The van der Waals surface area contributed by atoms with Gasteiger partial charge < -0.3 is 19.3 Å². The SMILES string of the molecule is CCOc1cc(/C=N\N2CC[NH+](C)CC2)ccc1OCC(=O)N(C)C. The fourth-order valence-electron chi connectivity index (χ4n) is 2.40. The molecule has 1 aromatic carbocycles. The summed E-state index contributed by atoms with van der Waals surface area (Å²) in [4.78, 5) is 14.7. The van der Waals surface area contributed by atoms with Crippen molar-refractivity contribution in [1.82, 2.24) is 9.91 Å². The van der Waals surface area contributed by atoms with E-state index >= 15 is 0 Å². The molecule has 0 saturated carbocycles. The Hall–Kier alpha value is -2.28. The van der Waals surface area contributed by atoms with E-state index in [0.717, 1.165) is 31.7 Å². The minimum Gasteiger partial charge on any atom is -0.490 e. The van der Waals surface area contributed by atoms with Gasteiger partial charge in [-0.25, -0.2) is 0 Å². The van der Waals surface area contributed by atoms with Crippen LogP contribution >= 0.6 is 0 Å². The molecule has 0 radical (unpaired) electrons. The van der Waals surface area contributed by atoms with Gasteiger partial charge in [0, 0.05) is 14.1 Å². The van der Waals surface area contributed by atoms with Crippen LogP contribution in [0.4, 0.5) is 0 Å². The molecule has 1 saturated heterocycles. The van der Waals surface area contributed by atoms with Gasteiger partial charge in [-0.1, -0.05) is 0 Å². The smallest absolute Gasteiger partial charge is 0.259 e. The molecule has 1 fully saturated rings. The summed E-state index contributed by atoms with van der Waals surface area (Å²) in [6.07, 6.45) is 1.85. The molecule has 2 rings (SSSR count). The van der Waals surface area contributed by atoms with Crippen molar-refractivity contribution in [2.45, 2.75) is 6.92 Å². The Morgan fingerprint density at radius 1 is 1.28 bits per heavy atom. The molecule has 138 valence electrons. The maximum absolute atomic E-state index is 11.7. The molecule has 1 heterocycles. The highest BCUT2D eigenvalue weighted by Crippen LogP contribution is 2.28. The third-order valence-corrected chi connectivity index (χ3v) is 4.08. The zero-order chi connectivity index (χ0) is 18.2. The van der Waals surface area contributed by atoms with Crippen molar-refractivity contribution in [2.24, 2.45) is 5.10 Å². The lowest BCUT2D eigenvalue weighted by atomic mass is 10.2. The topological polar surface area (TPSA) is 58.8 Å². The van der Waals surface area contributed by atoms with Gasteiger partial charge in [-0.2, -0.15) is 5.10 Å². The number of carbonyl (C=O) groups excluding carboxylic acids is 1. The Balaban J connectivity index is 2.02. The summed E-state index contributed by atoms with van der Waals surface area (Å²) in [5, 5.41) is 6.64. The van der Waals surface area contributed by atoms with Gasteiger partial charge >= 0.3 is 0 Å². The zero-order valence-corrected chi connectivity index (χ0v) is 15.6. The van der Waals surface area contributed by atoms with Gasteiger partial charge in [0.1, 0.15) is 0 Å². The molecule has 25 heavy (non-hydrogen) atoms. The van der Waals surface area contributed by atoms with Gasteiger partial charge in [0.25, 0.3) is 5.91 Å². The van der Waals surface area contributed by atoms with Crippen LogP contribution in [0.3, 0.4) is 0 Å². The van der Waals surface area contributed by atoms with Gasteiger partial charge in [0.05, 0.1) is 46.0 Å². The monoisotopic (exact) mass is 349 g/mol. The molecule has 0 atom stereocenters. The van der Waals surface area contributed by atoms with E-state index in [0.29, 0.717) is 18.1 Å². The molecule has 0 aliphatic carbocycles. The van der Waals surface area contributed by atoms with E-state index in [1.165, 1.54) is 4.90 Å². The average Bonchev–Trinajstić information content (AvgIpc) is 2.60. The van der Waals surface area contributed by atoms with Gasteiger partial charge in [0.15, 0.2) is 18.1 Å². The number of piperazine rings is 1. The molecule has 1 N–H and O–H groups in total. The predicted molar refractivity (Wildman–Crippen MR) is 97.6 cm³/mol.